The van der Waals surface area contributed by atoms with Crippen LogP contribution in [0.3, 0.4) is 0 Å². The average molecular weight is 591 g/mol. The molecule has 0 saturated heterocycles. The SMILES string of the molecule is O=C(Nc1ccc(I)cc1-c1nc2ccccc2s1)c1ccc(-c2cc(Cl)ccc2Cl)o1. The summed E-state index contributed by atoms with van der Waals surface area (Å²) in [4.78, 5) is 17.7. The maximum Gasteiger partial charge on any atom is 0.291 e. The molecule has 2 aromatic heterocycles. The number of carbonyl (C=O) groups is 1. The van der Waals surface area contributed by atoms with E-state index >= 15 is 0 Å². The second-order valence-corrected chi connectivity index (χ2v) is 10.0. The molecular formula is C24H13Cl2IN2O2S. The molecule has 0 saturated carbocycles. The Labute approximate surface area is 211 Å². The van der Waals surface area contributed by atoms with Crippen LogP contribution >= 0.6 is 57.1 Å². The van der Waals surface area contributed by atoms with Crippen molar-refractivity contribution in [2.24, 2.45) is 0 Å². The minimum atomic E-state index is -0.363. The molecule has 8 heteroatoms. The molecular weight excluding hydrogens is 578 g/mol. The van der Waals surface area contributed by atoms with Crippen molar-refractivity contribution in [3.05, 3.63) is 92.2 Å². The van der Waals surface area contributed by atoms with Crippen LogP contribution in [0.4, 0.5) is 5.69 Å². The van der Waals surface area contributed by atoms with Gasteiger partial charge in [-0.25, -0.2) is 4.98 Å². The number of nitrogens with one attached hydrogen (secondary N) is 1. The number of amides is 1. The van der Waals surface area contributed by atoms with Crippen molar-refractivity contribution in [1.82, 2.24) is 4.98 Å². The first kappa shape index (κ1) is 21.5. The van der Waals surface area contributed by atoms with E-state index in [1.54, 1.807) is 41.7 Å². The summed E-state index contributed by atoms with van der Waals surface area (Å²) in [5.41, 5.74) is 3.07. The first-order valence-corrected chi connectivity index (χ1v) is 12.2. The number of carbonyl (C=O) groups excluding carboxylic acids is 1. The number of furan rings is 1. The zero-order chi connectivity index (χ0) is 22.2. The van der Waals surface area contributed by atoms with Crippen LogP contribution in [0.1, 0.15) is 10.6 Å². The van der Waals surface area contributed by atoms with Gasteiger partial charge in [-0.3, -0.25) is 4.79 Å². The Kier molecular flexibility index (Phi) is 5.94. The predicted molar refractivity (Wildman–Crippen MR) is 140 cm³/mol. The van der Waals surface area contributed by atoms with Gasteiger partial charge in [0.1, 0.15) is 10.8 Å². The highest BCUT2D eigenvalue weighted by Gasteiger charge is 2.18. The number of halogens is 3. The van der Waals surface area contributed by atoms with Crippen LogP contribution in [0.5, 0.6) is 0 Å². The fraction of sp³-hybridized carbons (Fsp3) is 0. The van der Waals surface area contributed by atoms with Gasteiger partial charge in [0.05, 0.1) is 20.9 Å². The van der Waals surface area contributed by atoms with Crippen LogP contribution < -0.4 is 5.32 Å². The normalized spacial score (nSPS) is 11.1. The maximum atomic E-state index is 13.0. The molecule has 0 bridgehead atoms. The number of fused-ring (bicyclic) bond motifs is 1. The first-order chi connectivity index (χ1) is 15.5. The molecule has 0 radical (unpaired) electrons. The Hall–Kier alpha value is -2.39. The number of para-hydroxylation sites is 1. The van der Waals surface area contributed by atoms with Crippen molar-refractivity contribution >= 4 is 78.9 Å². The van der Waals surface area contributed by atoms with Crippen molar-refractivity contribution in [3.8, 4) is 21.9 Å². The highest BCUT2D eigenvalue weighted by atomic mass is 127. The number of aromatic nitrogens is 1. The molecule has 0 atom stereocenters. The third-order valence-corrected chi connectivity index (χ3v) is 7.08. The topological polar surface area (TPSA) is 55.1 Å². The summed E-state index contributed by atoms with van der Waals surface area (Å²) in [7, 11) is 0. The lowest BCUT2D eigenvalue weighted by molar-refractivity contribution is 0.0997. The zero-order valence-corrected chi connectivity index (χ0v) is 20.7. The monoisotopic (exact) mass is 590 g/mol. The number of hydrogen-bond acceptors (Lipinski definition) is 4. The van der Waals surface area contributed by atoms with E-state index in [2.05, 4.69) is 27.9 Å². The molecule has 2 heterocycles. The molecule has 0 fully saturated rings. The summed E-state index contributed by atoms with van der Waals surface area (Å²) in [5.74, 6) is 0.277. The van der Waals surface area contributed by atoms with Crippen LogP contribution in [0.25, 0.3) is 32.1 Å². The standard InChI is InChI=1S/C24H13Cl2IN2O2S/c25-13-5-7-17(26)15(11-13)20-9-10-21(31-20)23(30)28-18-8-6-14(27)12-16(18)24-29-19-3-1-2-4-22(19)32-24/h1-12H,(H,28,30). The van der Waals surface area contributed by atoms with Crippen LogP contribution in [-0.2, 0) is 0 Å². The predicted octanol–water partition coefficient (Wildman–Crippen LogP) is 8.39. The minimum absolute atomic E-state index is 0.171. The van der Waals surface area contributed by atoms with Gasteiger partial charge in [-0.05, 0) is 83.3 Å². The van der Waals surface area contributed by atoms with E-state index in [0.717, 1.165) is 24.4 Å². The quantitative estimate of drug-likeness (QED) is 0.214. The van der Waals surface area contributed by atoms with Crippen molar-refractivity contribution in [2.45, 2.75) is 0 Å². The number of rotatable bonds is 4. The molecule has 1 N–H and O–H groups in total. The summed E-state index contributed by atoms with van der Waals surface area (Å²) >= 11 is 16.2. The fourth-order valence-corrected chi connectivity index (χ4v) is 5.13. The summed E-state index contributed by atoms with van der Waals surface area (Å²) < 4.78 is 7.92. The van der Waals surface area contributed by atoms with Gasteiger partial charge in [0.2, 0.25) is 0 Å². The van der Waals surface area contributed by atoms with Gasteiger partial charge < -0.3 is 9.73 Å². The van der Waals surface area contributed by atoms with E-state index in [1.807, 2.05) is 42.5 Å². The largest absolute Gasteiger partial charge is 0.451 e. The molecule has 0 unspecified atom stereocenters. The molecule has 1 amide bonds. The van der Waals surface area contributed by atoms with Gasteiger partial charge in [0, 0.05) is 19.7 Å². The van der Waals surface area contributed by atoms with Gasteiger partial charge in [0.25, 0.3) is 5.91 Å². The summed E-state index contributed by atoms with van der Waals surface area (Å²) in [6.45, 7) is 0. The number of thiazole rings is 1. The van der Waals surface area contributed by atoms with Crippen LogP contribution in [0, 0.1) is 3.57 Å². The molecule has 3 aromatic carbocycles. The molecule has 4 nitrogen and oxygen atoms in total. The molecule has 32 heavy (non-hydrogen) atoms. The summed E-state index contributed by atoms with van der Waals surface area (Å²) in [5, 5.41) is 4.82. The molecule has 0 aliphatic heterocycles. The number of nitrogens with zero attached hydrogens (tertiary/aromatic N) is 1. The lowest BCUT2D eigenvalue weighted by Crippen LogP contribution is -2.11. The second-order valence-electron chi connectivity index (χ2n) is 6.92. The van der Waals surface area contributed by atoms with Gasteiger partial charge in [0.15, 0.2) is 5.76 Å². The lowest BCUT2D eigenvalue weighted by atomic mass is 10.2. The van der Waals surface area contributed by atoms with Gasteiger partial charge in [-0.1, -0.05) is 35.3 Å². The Morgan fingerprint density at radius 2 is 1.81 bits per heavy atom. The van der Waals surface area contributed by atoms with Crippen molar-refractivity contribution in [1.29, 1.82) is 0 Å². The highest BCUT2D eigenvalue weighted by Crippen LogP contribution is 2.36. The number of hydrogen-bond donors (Lipinski definition) is 1. The summed E-state index contributed by atoms with van der Waals surface area (Å²) in [6.07, 6.45) is 0. The fourth-order valence-electron chi connectivity index (χ4n) is 3.26. The number of benzene rings is 3. The number of anilines is 1. The van der Waals surface area contributed by atoms with E-state index in [1.165, 1.54) is 0 Å². The highest BCUT2D eigenvalue weighted by molar-refractivity contribution is 14.1. The lowest BCUT2D eigenvalue weighted by Gasteiger charge is -2.09. The van der Waals surface area contributed by atoms with Crippen molar-refractivity contribution < 1.29 is 9.21 Å². The third kappa shape index (κ3) is 4.28. The molecule has 0 spiro atoms. The molecule has 0 aliphatic rings. The Balaban J connectivity index is 1.47. The maximum absolute atomic E-state index is 13.0. The molecule has 5 aromatic rings. The van der Waals surface area contributed by atoms with Crippen LogP contribution in [0.2, 0.25) is 10.0 Å². The summed E-state index contributed by atoms with van der Waals surface area (Å²) in [6, 6.07) is 22.2. The smallest absolute Gasteiger partial charge is 0.291 e. The first-order valence-electron chi connectivity index (χ1n) is 9.50. The van der Waals surface area contributed by atoms with Crippen molar-refractivity contribution in [3.63, 3.8) is 0 Å². The Morgan fingerprint density at radius 3 is 2.66 bits per heavy atom. The Bertz CT molecular complexity index is 1450. The zero-order valence-electron chi connectivity index (χ0n) is 16.2. The molecule has 0 aliphatic carbocycles. The van der Waals surface area contributed by atoms with E-state index < -0.39 is 0 Å². The molecule has 5 rings (SSSR count). The van der Waals surface area contributed by atoms with E-state index in [-0.39, 0.29) is 11.7 Å². The van der Waals surface area contributed by atoms with E-state index in [4.69, 9.17) is 32.6 Å². The van der Waals surface area contributed by atoms with Crippen molar-refractivity contribution in [2.75, 3.05) is 5.32 Å². The van der Waals surface area contributed by atoms with Crippen LogP contribution in [0.15, 0.2) is 77.2 Å². The third-order valence-electron chi connectivity index (χ3n) is 4.78. The van der Waals surface area contributed by atoms with E-state index in [0.29, 0.717) is 27.1 Å². The van der Waals surface area contributed by atoms with Crippen LogP contribution in [-0.4, -0.2) is 10.9 Å². The Morgan fingerprint density at radius 1 is 0.969 bits per heavy atom. The molecule has 158 valence electrons. The minimum Gasteiger partial charge on any atom is -0.451 e. The van der Waals surface area contributed by atoms with Gasteiger partial charge in [-0.2, -0.15) is 0 Å². The average Bonchev–Trinajstić information content (AvgIpc) is 3.44. The second kappa shape index (κ2) is 8.86. The van der Waals surface area contributed by atoms with E-state index in [9.17, 15) is 4.79 Å². The van der Waals surface area contributed by atoms with Gasteiger partial charge in [-0.15, -0.1) is 11.3 Å². The van der Waals surface area contributed by atoms with Gasteiger partial charge >= 0.3 is 0 Å².